The highest BCUT2D eigenvalue weighted by Crippen LogP contribution is 2.38. The summed E-state index contributed by atoms with van der Waals surface area (Å²) in [5.41, 5.74) is 3.07. The number of hydrogen-bond acceptors (Lipinski definition) is 3. The maximum Gasteiger partial charge on any atom is 0.266 e. The Bertz CT molecular complexity index is 1060. The van der Waals surface area contributed by atoms with E-state index in [1.165, 1.54) is 12.8 Å². The van der Waals surface area contributed by atoms with Crippen LogP contribution < -0.4 is 5.56 Å². The first-order valence-corrected chi connectivity index (χ1v) is 9.58. The van der Waals surface area contributed by atoms with Crippen LogP contribution in [0.5, 0.6) is 0 Å². The Morgan fingerprint density at radius 3 is 2.78 bits per heavy atom. The van der Waals surface area contributed by atoms with Crippen LogP contribution in [0.15, 0.2) is 47.4 Å². The molecule has 5 rings (SSSR count). The van der Waals surface area contributed by atoms with Gasteiger partial charge in [-0.25, -0.2) is 4.68 Å². The molecule has 0 spiro atoms. The Balaban J connectivity index is 1.20. The maximum atomic E-state index is 12.6. The second-order valence-electron chi connectivity index (χ2n) is 7.75. The van der Waals surface area contributed by atoms with Crippen LogP contribution in [-0.2, 0) is 17.8 Å². The number of fused-ring (bicyclic) bond motifs is 1. The minimum Gasteiger partial charge on any atom is -0.361 e. The number of likely N-dealkylation sites (tertiary alicyclic amines) is 1. The molecule has 2 aliphatic rings. The molecule has 2 aromatic heterocycles. The Morgan fingerprint density at radius 1 is 1.15 bits per heavy atom. The monoisotopic (exact) mass is 362 g/mol. The zero-order valence-electron chi connectivity index (χ0n) is 15.1. The lowest BCUT2D eigenvalue weighted by atomic mass is 9.98. The van der Waals surface area contributed by atoms with Crippen molar-refractivity contribution in [1.82, 2.24) is 19.7 Å². The molecule has 6 nitrogen and oxygen atoms in total. The first kappa shape index (κ1) is 16.3. The minimum atomic E-state index is -0.0528. The number of nitrogens with zero attached hydrogens (tertiary/aromatic N) is 3. The third-order valence-corrected chi connectivity index (χ3v) is 5.64. The van der Waals surface area contributed by atoms with Crippen LogP contribution in [0.25, 0.3) is 10.9 Å². The molecule has 1 amide bonds. The largest absolute Gasteiger partial charge is 0.361 e. The fraction of sp³-hybridized carbons (Fsp3) is 0.381. The number of H-pyrrole nitrogens is 1. The number of carbonyl (C=O) groups is 1. The summed E-state index contributed by atoms with van der Waals surface area (Å²) in [5.74, 6) is 0.979. The molecule has 2 fully saturated rings. The molecule has 1 saturated heterocycles. The number of para-hydroxylation sites is 1. The quantitative estimate of drug-likeness (QED) is 0.757. The smallest absolute Gasteiger partial charge is 0.266 e. The molecular weight excluding hydrogens is 340 g/mol. The number of carbonyl (C=O) groups excluding carboxylic acids is 1. The summed E-state index contributed by atoms with van der Waals surface area (Å²) >= 11 is 0. The van der Waals surface area contributed by atoms with Gasteiger partial charge in [-0.1, -0.05) is 18.2 Å². The van der Waals surface area contributed by atoms with E-state index < -0.39 is 0 Å². The molecule has 27 heavy (non-hydrogen) atoms. The van der Waals surface area contributed by atoms with Crippen LogP contribution in [-0.4, -0.2) is 38.7 Å². The van der Waals surface area contributed by atoms with Crippen molar-refractivity contribution in [2.24, 2.45) is 5.92 Å². The van der Waals surface area contributed by atoms with Crippen molar-refractivity contribution in [3.63, 3.8) is 0 Å². The summed E-state index contributed by atoms with van der Waals surface area (Å²) in [5, 5.41) is 5.62. The second-order valence-corrected chi connectivity index (χ2v) is 7.75. The van der Waals surface area contributed by atoms with Crippen molar-refractivity contribution in [1.29, 1.82) is 0 Å². The number of hydrogen-bond donors (Lipinski definition) is 1. The summed E-state index contributed by atoms with van der Waals surface area (Å²) in [6.07, 6.45) is 4.67. The maximum absolute atomic E-state index is 12.6. The van der Waals surface area contributed by atoms with Crippen molar-refractivity contribution in [3.05, 3.63) is 64.2 Å². The molecule has 1 N–H and O–H groups in total. The Labute approximate surface area is 156 Å². The van der Waals surface area contributed by atoms with Gasteiger partial charge in [0.2, 0.25) is 5.91 Å². The fourth-order valence-corrected chi connectivity index (χ4v) is 3.88. The van der Waals surface area contributed by atoms with Gasteiger partial charge in [0, 0.05) is 48.1 Å². The summed E-state index contributed by atoms with van der Waals surface area (Å²) in [6, 6.07) is 11.5. The standard InChI is InChI=1S/C21H22N4O2/c26-20-8-7-18(15-5-6-15)23-25(20)13-14-11-24(12-14)21(27)9-16-10-22-19-4-2-1-3-17(16)19/h1-4,7-8,10,14-15,22H,5-6,9,11-13H2. The molecule has 1 aromatic carbocycles. The molecular formula is C21H22N4O2. The zero-order chi connectivity index (χ0) is 18.4. The van der Waals surface area contributed by atoms with E-state index in [0.717, 1.165) is 22.2 Å². The van der Waals surface area contributed by atoms with Crippen LogP contribution >= 0.6 is 0 Å². The molecule has 6 heteroatoms. The zero-order valence-corrected chi connectivity index (χ0v) is 15.1. The molecule has 138 valence electrons. The number of rotatable bonds is 5. The van der Waals surface area contributed by atoms with Gasteiger partial charge < -0.3 is 9.88 Å². The lowest BCUT2D eigenvalue weighted by molar-refractivity contribution is -0.137. The van der Waals surface area contributed by atoms with E-state index in [-0.39, 0.29) is 11.5 Å². The summed E-state index contributed by atoms with van der Waals surface area (Å²) < 4.78 is 1.58. The van der Waals surface area contributed by atoms with Gasteiger partial charge in [-0.05, 0) is 30.5 Å². The number of amides is 1. The predicted molar refractivity (Wildman–Crippen MR) is 103 cm³/mol. The second kappa shape index (κ2) is 6.37. The van der Waals surface area contributed by atoms with Crippen molar-refractivity contribution in [2.75, 3.05) is 13.1 Å². The van der Waals surface area contributed by atoms with Crippen molar-refractivity contribution in [2.45, 2.75) is 31.7 Å². The average Bonchev–Trinajstić information content (AvgIpc) is 3.41. The molecule has 3 aromatic rings. The SMILES string of the molecule is O=C(Cc1c[nH]c2ccccc12)N1CC(Cn2nc(C3CC3)ccc2=O)C1. The van der Waals surface area contributed by atoms with E-state index in [1.807, 2.05) is 41.4 Å². The first-order valence-electron chi connectivity index (χ1n) is 9.58. The van der Waals surface area contributed by atoms with Crippen LogP contribution in [0.4, 0.5) is 0 Å². The number of aromatic nitrogens is 3. The minimum absolute atomic E-state index is 0.0528. The fourth-order valence-electron chi connectivity index (χ4n) is 3.88. The van der Waals surface area contributed by atoms with Crippen molar-refractivity contribution < 1.29 is 4.79 Å². The highest BCUT2D eigenvalue weighted by atomic mass is 16.2. The summed E-state index contributed by atoms with van der Waals surface area (Å²) in [7, 11) is 0. The van der Waals surface area contributed by atoms with E-state index in [0.29, 0.717) is 37.9 Å². The van der Waals surface area contributed by atoms with Gasteiger partial charge in [-0.2, -0.15) is 5.10 Å². The topological polar surface area (TPSA) is 71.0 Å². The van der Waals surface area contributed by atoms with Crippen LogP contribution in [0.3, 0.4) is 0 Å². The van der Waals surface area contributed by atoms with E-state index in [9.17, 15) is 9.59 Å². The average molecular weight is 362 g/mol. The van der Waals surface area contributed by atoms with Gasteiger partial charge in [0.05, 0.1) is 18.7 Å². The molecule has 3 heterocycles. The van der Waals surface area contributed by atoms with Gasteiger partial charge in [0.25, 0.3) is 5.56 Å². The van der Waals surface area contributed by atoms with Crippen molar-refractivity contribution >= 4 is 16.8 Å². The van der Waals surface area contributed by atoms with Gasteiger partial charge in [0.1, 0.15) is 0 Å². The molecule has 1 aliphatic carbocycles. The molecule has 1 saturated carbocycles. The van der Waals surface area contributed by atoms with Gasteiger partial charge in [-0.3, -0.25) is 9.59 Å². The third kappa shape index (κ3) is 3.16. The first-order chi connectivity index (χ1) is 13.2. The molecule has 0 bridgehead atoms. The van der Waals surface area contributed by atoms with Gasteiger partial charge in [0.15, 0.2) is 0 Å². The Kier molecular flexibility index (Phi) is 3.85. The lowest BCUT2D eigenvalue weighted by Crippen LogP contribution is -2.52. The highest BCUT2D eigenvalue weighted by molar-refractivity contribution is 5.89. The normalized spacial score (nSPS) is 17.3. The van der Waals surface area contributed by atoms with Crippen LogP contribution in [0.2, 0.25) is 0 Å². The molecule has 1 aliphatic heterocycles. The van der Waals surface area contributed by atoms with E-state index in [2.05, 4.69) is 10.1 Å². The highest BCUT2D eigenvalue weighted by Gasteiger charge is 2.32. The van der Waals surface area contributed by atoms with Gasteiger partial charge in [-0.15, -0.1) is 0 Å². The van der Waals surface area contributed by atoms with Gasteiger partial charge >= 0.3 is 0 Å². The molecule has 0 unspecified atom stereocenters. The summed E-state index contributed by atoms with van der Waals surface area (Å²) in [6.45, 7) is 1.99. The third-order valence-electron chi connectivity index (χ3n) is 5.64. The lowest BCUT2D eigenvalue weighted by Gasteiger charge is -2.39. The van der Waals surface area contributed by atoms with Crippen LogP contribution in [0.1, 0.15) is 30.0 Å². The van der Waals surface area contributed by atoms with E-state index in [4.69, 9.17) is 0 Å². The van der Waals surface area contributed by atoms with Crippen LogP contribution in [0, 0.1) is 5.92 Å². The Hall–Kier alpha value is -2.89. The van der Waals surface area contributed by atoms with E-state index >= 15 is 0 Å². The number of aromatic amines is 1. The van der Waals surface area contributed by atoms with E-state index in [1.54, 1.807) is 10.7 Å². The Morgan fingerprint density at radius 2 is 1.96 bits per heavy atom. The van der Waals surface area contributed by atoms with Crippen molar-refractivity contribution in [3.8, 4) is 0 Å². The predicted octanol–water partition coefficient (Wildman–Crippen LogP) is 2.30. The number of benzene rings is 1. The molecule has 0 atom stereocenters. The summed E-state index contributed by atoms with van der Waals surface area (Å²) in [4.78, 5) is 29.7. The number of nitrogens with one attached hydrogen (secondary N) is 1. The molecule has 0 radical (unpaired) electrons.